The van der Waals surface area contributed by atoms with Gasteiger partial charge >= 0.3 is 0 Å². The smallest absolute Gasteiger partial charge is 0.137 e. The molecule has 0 saturated carbocycles. The van der Waals surface area contributed by atoms with E-state index in [2.05, 4.69) is 9.88 Å². The predicted octanol–water partition coefficient (Wildman–Crippen LogP) is 1.75. The first kappa shape index (κ1) is 11.3. The van der Waals surface area contributed by atoms with Gasteiger partial charge in [0, 0.05) is 24.7 Å². The van der Waals surface area contributed by atoms with E-state index < -0.39 is 0 Å². The van der Waals surface area contributed by atoms with Gasteiger partial charge in [-0.1, -0.05) is 0 Å². The first-order valence-electron chi connectivity index (χ1n) is 5.58. The molecule has 2 heterocycles. The molecular weight excluding hydrogens is 207 g/mol. The van der Waals surface area contributed by atoms with Crippen LogP contribution in [0.5, 0.6) is 5.75 Å². The van der Waals surface area contributed by atoms with Gasteiger partial charge in [0.15, 0.2) is 0 Å². The maximum Gasteiger partial charge on any atom is 0.137 e. The zero-order valence-electron chi connectivity index (χ0n) is 9.47. The van der Waals surface area contributed by atoms with Gasteiger partial charge in [0.1, 0.15) is 12.4 Å². The van der Waals surface area contributed by atoms with Gasteiger partial charge in [0.25, 0.3) is 0 Å². The SMILES string of the molecule is CN1C[C@H](CF)C[C@H]1COc1cccnc1. The van der Waals surface area contributed by atoms with E-state index in [1.54, 1.807) is 12.4 Å². The van der Waals surface area contributed by atoms with Gasteiger partial charge in [0.05, 0.1) is 12.9 Å². The summed E-state index contributed by atoms with van der Waals surface area (Å²) in [4.78, 5) is 6.15. The third-order valence-corrected chi connectivity index (χ3v) is 3.07. The molecule has 1 aromatic rings. The average Bonchev–Trinajstić information content (AvgIpc) is 2.69. The molecule has 0 spiro atoms. The molecule has 0 aromatic carbocycles. The van der Waals surface area contributed by atoms with Crippen molar-refractivity contribution < 1.29 is 9.13 Å². The Bertz CT molecular complexity index is 320. The monoisotopic (exact) mass is 224 g/mol. The number of halogens is 1. The molecule has 2 rings (SSSR count). The van der Waals surface area contributed by atoms with Crippen molar-refractivity contribution in [3.8, 4) is 5.75 Å². The molecule has 4 heteroatoms. The van der Waals surface area contributed by atoms with E-state index in [1.807, 2.05) is 19.2 Å². The van der Waals surface area contributed by atoms with E-state index >= 15 is 0 Å². The van der Waals surface area contributed by atoms with Crippen LogP contribution in [0.15, 0.2) is 24.5 Å². The number of hydrogen-bond acceptors (Lipinski definition) is 3. The molecule has 0 radical (unpaired) electrons. The fourth-order valence-electron chi connectivity index (χ4n) is 2.13. The van der Waals surface area contributed by atoms with Crippen LogP contribution in [0.4, 0.5) is 4.39 Å². The van der Waals surface area contributed by atoms with Crippen molar-refractivity contribution in [3.63, 3.8) is 0 Å². The second-order valence-corrected chi connectivity index (χ2v) is 4.35. The molecule has 2 atom stereocenters. The maximum atomic E-state index is 12.5. The Kier molecular flexibility index (Phi) is 3.72. The molecule has 0 amide bonds. The van der Waals surface area contributed by atoms with Gasteiger partial charge in [-0.05, 0) is 25.6 Å². The first-order chi connectivity index (χ1) is 7.79. The van der Waals surface area contributed by atoms with Crippen molar-refractivity contribution in [1.29, 1.82) is 0 Å². The maximum absolute atomic E-state index is 12.5. The lowest BCUT2D eigenvalue weighted by Gasteiger charge is -2.19. The van der Waals surface area contributed by atoms with Crippen LogP contribution in [0, 0.1) is 5.92 Å². The summed E-state index contributed by atoms with van der Waals surface area (Å²) >= 11 is 0. The quantitative estimate of drug-likeness (QED) is 0.779. The topological polar surface area (TPSA) is 25.4 Å². The van der Waals surface area contributed by atoms with Crippen molar-refractivity contribution >= 4 is 0 Å². The summed E-state index contributed by atoms with van der Waals surface area (Å²) in [6.07, 6.45) is 4.29. The van der Waals surface area contributed by atoms with Crippen LogP contribution in [0.25, 0.3) is 0 Å². The van der Waals surface area contributed by atoms with Crippen LogP contribution in [-0.2, 0) is 0 Å². The lowest BCUT2D eigenvalue weighted by molar-refractivity contribution is 0.198. The summed E-state index contributed by atoms with van der Waals surface area (Å²) < 4.78 is 18.2. The zero-order chi connectivity index (χ0) is 11.4. The Balaban J connectivity index is 1.82. The fraction of sp³-hybridized carbons (Fsp3) is 0.583. The number of likely N-dealkylation sites (tertiary alicyclic amines) is 1. The third-order valence-electron chi connectivity index (χ3n) is 3.07. The Morgan fingerprint density at radius 1 is 1.62 bits per heavy atom. The Hall–Kier alpha value is -1.16. The molecule has 0 unspecified atom stereocenters. The molecule has 0 N–H and O–H groups in total. The Morgan fingerprint density at radius 3 is 3.12 bits per heavy atom. The average molecular weight is 224 g/mol. The van der Waals surface area contributed by atoms with Crippen molar-refractivity contribution in [2.24, 2.45) is 5.92 Å². The summed E-state index contributed by atoms with van der Waals surface area (Å²) in [6.45, 7) is 1.21. The summed E-state index contributed by atoms with van der Waals surface area (Å²) in [6, 6.07) is 4.05. The van der Waals surface area contributed by atoms with E-state index in [0.29, 0.717) is 12.6 Å². The summed E-state index contributed by atoms with van der Waals surface area (Å²) in [5.41, 5.74) is 0. The van der Waals surface area contributed by atoms with Crippen LogP contribution in [0.1, 0.15) is 6.42 Å². The molecule has 16 heavy (non-hydrogen) atoms. The van der Waals surface area contributed by atoms with Crippen LogP contribution in [0.3, 0.4) is 0 Å². The summed E-state index contributed by atoms with van der Waals surface area (Å²) in [7, 11) is 2.02. The Morgan fingerprint density at radius 2 is 2.50 bits per heavy atom. The number of aromatic nitrogens is 1. The molecule has 3 nitrogen and oxygen atoms in total. The number of hydrogen-bond donors (Lipinski definition) is 0. The van der Waals surface area contributed by atoms with Crippen LogP contribution in [-0.4, -0.2) is 42.8 Å². The fourth-order valence-corrected chi connectivity index (χ4v) is 2.13. The molecule has 88 valence electrons. The molecule has 0 bridgehead atoms. The van der Waals surface area contributed by atoms with Crippen molar-refractivity contribution in [2.75, 3.05) is 26.9 Å². The van der Waals surface area contributed by atoms with Crippen LogP contribution >= 0.6 is 0 Å². The van der Waals surface area contributed by atoms with E-state index in [9.17, 15) is 4.39 Å². The van der Waals surface area contributed by atoms with Crippen LogP contribution < -0.4 is 4.74 Å². The van der Waals surface area contributed by atoms with E-state index in [1.165, 1.54) is 0 Å². The minimum absolute atomic E-state index is 0.174. The lowest BCUT2D eigenvalue weighted by Crippen LogP contribution is -2.30. The normalized spacial score (nSPS) is 25.9. The molecule has 0 aliphatic carbocycles. The predicted molar refractivity (Wildman–Crippen MR) is 60.2 cm³/mol. The second kappa shape index (κ2) is 5.25. The van der Waals surface area contributed by atoms with Gasteiger partial charge in [0.2, 0.25) is 0 Å². The van der Waals surface area contributed by atoms with Gasteiger partial charge in [-0.2, -0.15) is 0 Å². The molecule has 1 fully saturated rings. The van der Waals surface area contributed by atoms with Gasteiger partial charge in [-0.3, -0.25) is 14.3 Å². The van der Waals surface area contributed by atoms with Crippen molar-refractivity contribution in [3.05, 3.63) is 24.5 Å². The minimum atomic E-state index is -0.228. The zero-order valence-corrected chi connectivity index (χ0v) is 9.47. The molecule has 1 aliphatic heterocycles. The highest BCUT2D eigenvalue weighted by Crippen LogP contribution is 2.22. The molecular formula is C12H17FN2O. The minimum Gasteiger partial charge on any atom is -0.490 e. The molecule has 1 saturated heterocycles. The lowest BCUT2D eigenvalue weighted by atomic mass is 10.1. The van der Waals surface area contributed by atoms with E-state index in [-0.39, 0.29) is 12.6 Å². The first-order valence-corrected chi connectivity index (χ1v) is 5.58. The van der Waals surface area contributed by atoms with E-state index in [0.717, 1.165) is 18.7 Å². The Labute approximate surface area is 95.2 Å². The molecule has 1 aromatic heterocycles. The number of rotatable bonds is 4. The second-order valence-electron chi connectivity index (χ2n) is 4.35. The third kappa shape index (κ3) is 2.70. The number of ether oxygens (including phenoxy) is 1. The van der Waals surface area contributed by atoms with Gasteiger partial charge in [-0.25, -0.2) is 0 Å². The number of alkyl halides is 1. The van der Waals surface area contributed by atoms with Gasteiger partial charge < -0.3 is 4.74 Å². The van der Waals surface area contributed by atoms with Crippen molar-refractivity contribution in [2.45, 2.75) is 12.5 Å². The standard InChI is InChI=1S/C12H17FN2O/c1-15-8-10(6-13)5-11(15)9-16-12-3-2-4-14-7-12/h2-4,7,10-11H,5-6,8-9H2,1H3/t10-,11-/m0/s1. The molecule has 1 aliphatic rings. The number of pyridine rings is 1. The highest BCUT2D eigenvalue weighted by atomic mass is 19.1. The summed E-state index contributed by atoms with van der Waals surface area (Å²) in [5, 5.41) is 0. The highest BCUT2D eigenvalue weighted by Gasteiger charge is 2.29. The summed E-state index contributed by atoms with van der Waals surface area (Å²) in [5.74, 6) is 0.951. The highest BCUT2D eigenvalue weighted by molar-refractivity contribution is 5.15. The number of nitrogens with zero attached hydrogens (tertiary/aromatic N) is 2. The number of likely N-dealkylation sites (N-methyl/N-ethyl adjacent to an activating group) is 1. The van der Waals surface area contributed by atoms with Crippen molar-refractivity contribution in [1.82, 2.24) is 9.88 Å². The van der Waals surface area contributed by atoms with E-state index in [4.69, 9.17) is 4.74 Å². The van der Waals surface area contributed by atoms with Gasteiger partial charge in [-0.15, -0.1) is 0 Å². The van der Waals surface area contributed by atoms with Crippen LogP contribution in [0.2, 0.25) is 0 Å². The largest absolute Gasteiger partial charge is 0.490 e.